The molecular formula is C25H27N3O3S2. The maximum absolute atomic E-state index is 13.2. The van der Waals surface area contributed by atoms with Crippen molar-refractivity contribution < 1.29 is 14.7 Å². The molecule has 0 radical (unpaired) electrons. The fourth-order valence-corrected chi connectivity index (χ4v) is 4.99. The summed E-state index contributed by atoms with van der Waals surface area (Å²) in [5.74, 6) is -0.906. The van der Waals surface area contributed by atoms with Gasteiger partial charge in [-0.25, -0.2) is 4.79 Å². The Morgan fingerprint density at radius 2 is 1.52 bits per heavy atom. The number of carbonyl (C=O) groups excluding carboxylic acids is 1. The molecule has 1 atom stereocenters. The Morgan fingerprint density at radius 3 is 2.03 bits per heavy atom. The van der Waals surface area contributed by atoms with E-state index >= 15 is 0 Å². The van der Waals surface area contributed by atoms with Gasteiger partial charge in [0.1, 0.15) is 5.92 Å². The third-order valence-electron chi connectivity index (χ3n) is 5.28. The van der Waals surface area contributed by atoms with Gasteiger partial charge in [-0.1, -0.05) is 42.5 Å². The zero-order chi connectivity index (χ0) is 23.5. The first-order valence-electron chi connectivity index (χ1n) is 10.8. The minimum atomic E-state index is -0.968. The number of benzene rings is 1. The summed E-state index contributed by atoms with van der Waals surface area (Å²) >= 11 is 3.19. The average molecular weight is 482 g/mol. The van der Waals surface area contributed by atoms with Crippen LogP contribution in [0.3, 0.4) is 0 Å². The van der Waals surface area contributed by atoms with E-state index in [-0.39, 0.29) is 5.91 Å². The summed E-state index contributed by atoms with van der Waals surface area (Å²) in [5, 5.41) is 23.2. The number of unbranched alkanes of at least 4 members (excludes halogenated alkanes) is 1. The van der Waals surface area contributed by atoms with Gasteiger partial charge in [-0.15, -0.1) is 22.7 Å². The van der Waals surface area contributed by atoms with Crippen LogP contribution in [0.1, 0.15) is 34.6 Å². The molecule has 2 amide bonds. The van der Waals surface area contributed by atoms with Crippen LogP contribution >= 0.6 is 22.7 Å². The molecular weight excluding hydrogens is 454 g/mol. The standard InChI is InChI=1S/C25H27N3O3S2/c26-16-21(10-4-5-13-27(25(30)31)17-20-8-2-1-3-9-20)24(29)28(18-22-11-6-14-32-22)19-23-12-7-15-33-23/h1-3,6-9,11-12,14-15,21H,4-5,10,13,17-19H2,(H,30,31)/t21-/m0/s1. The third kappa shape index (κ3) is 7.74. The normalized spacial score (nSPS) is 11.5. The number of carboxylic acid groups (broad SMARTS) is 1. The second kappa shape index (κ2) is 12.8. The molecule has 33 heavy (non-hydrogen) atoms. The highest BCUT2D eigenvalue weighted by Gasteiger charge is 2.25. The molecule has 0 unspecified atom stereocenters. The van der Waals surface area contributed by atoms with Crippen LogP contribution in [0, 0.1) is 17.2 Å². The van der Waals surface area contributed by atoms with Crippen molar-refractivity contribution in [3.05, 3.63) is 80.7 Å². The van der Waals surface area contributed by atoms with Crippen LogP contribution in [0.15, 0.2) is 65.4 Å². The molecule has 0 saturated carbocycles. The lowest BCUT2D eigenvalue weighted by Gasteiger charge is -2.24. The average Bonchev–Trinajstić information content (AvgIpc) is 3.52. The zero-order valence-corrected chi connectivity index (χ0v) is 19.9. The molecule has 3 rings (SSSR count). The predicted octanol–water partition coefficient (Wildman–Crippen LogP) is 5.83. The highest BCUT2D eigenvalue weighted by atomic mass is 32.1. The van der Waals surface area contributed by atoms with Gasteiger partial charge < -0.3 is 14.9 Å². The van der Waals surface area contributed by atoms with Crippen LogP contribution in [0.5, 0.6) is 0 Å². The van der Waals surface area contributed by atoms with Crippen molar-refractivity contribution in [3.63, 3.8) is 0 Å². The molecule has 0 bridgehead atoms. The van der Waals surface area contributed by atoms with E-state index in [9.17, 15) is 20.0 Å². The summed E-state index contributed by atoms with van der Waals surface area (Å²) in [6.07, 6.45) is 0.652. The lowest BCUT2D eigenvalue weighted by molar-refractivity contribution is -0.135. The van der Waals surface area contributed by atoms with E-state index in [1.54, 1.807) is 27.6 Å². The first-order chi connectivity index (χ1) is 16.1. The first-order valence-corrected chi connectivity index (χ1v) is 12.6. The van der Waals surface area contributed by atoms with Crippen LogP contribution in [-0.4, -0.2) is 33.5 Å². The molecule has 0 spiro atoms. The summed E-state index contributed by atoms with van der Waals surface area (Å²) in [6.45, 7) is 1.66. The summed E-state index contributed by atoms with van der Waals surface area (Å²) in [6, 6.07) is 19.5. The van der Waals surface area contributed by atoms with Gasteiger partial charge in [0.25, 0.3) is 0 Å². The predicted molar refractivity (Wildman–Crippen MR) is 131 cm³/mol. The molecule has 8 heteroatoms. The Balaban J connectivity index is 1.54. The van der Waals surface area contributed by atoms with Crippen molar-refractivity contribution >= 4 is 34.7 Å². The second-order valence-corrected chi connectivity index (χ2v) is 9.78. The number of nitrogens with zero attached hydrogens (tertiary/aromatic N) is 3. The summed E-state index contributed by atoms with van der Waals surface area (Å²) < 4.78 is 0. The minimum Gasteiger partial charge on any atom is -0.465 e. The Hall–Kier alpha value is -3.15. The molecule has 6 nitrogen and oxygen atoms in total. The number of carbonyl (C=O) groups is 2. The van der Waals surface area contributed by atoms with Gasteiger partial charge in [0, 0.05) is 22.8 Å². The number of rotatable bonds is 12. The molecule has 0 aliphatic rings. The Morgan fingerprint density at radius 1 is 0.879 bits per heavy atom. The van der Waals surface area contributed by atoms with Gasteiger partial charge in [0.15, 0.2) is 0 Å². The largest absolute Gasteiger partial charge is 0.465 e. The lowest BCUT2D eigenvalue weighted by Crippen LogP contribution is -2.34. The van der Waals surface area contributed by atoms with Crippen molar-refractivity contribution in [2.45, 2.75) is 38.9 Å². The van der Waals surface area contributed by atoms with Crippen LogP contribution in [0.2, 0.25) is 0 Å². The molecule has 0 aliphatic carbocycles. The Kier molecular flexibility index (Phi) is 9.48. The summed E-state index contributed by atoms with van der Waals surface area (Å²) in [5.41, 5.74) is 0.933. The Labute approximate surface area is 202 Å². The maximum Gasteiger partial charge on any atom is 0.407 e. The molecule has 1 aromatic carbocycles. The molecule has 0 fully saturated rings. The van der Waals surface area contributed by atoms with Crippen molar-refractivity contribution in [1.29, 1.82) is 5.26 Å². The molecule has 1 N–H and O–H groups in total. The van der Waals surface area contributed by atoms with E-state index in [0.717, 1.165) is 15.3 Å². The fourth-order valence-electron chi connectivity index (χ4n) is 3.55. The van der Waals surface area contributed by atoms with Gasteiger partial charge in [-0.3, -0.25) is 4.79 Å². The molecule has 2 heterocycles. The van der Waals surface area contributed by atoms with Crippen molar-refractivity contribution in [3.8, 4) is 6.07 Å². The van der Waals surface area contributed by atoms with Crippen molar-refractivity contribution in [2.24, 2.45) is 5.92 Å². The van der Waals surface area contributed by atoms with E-state index in [0.29, 0.717) is 45.4 Å². The smallest absolute Gasteiger partial charge is 0.407 e. The number of hydrogen-bond donors (Lipinski definition) is 1. The summed E-state index contributed by atoms with van der Waals surface area (Å²) in [7, 11) is 0. The van der Waals surface area contributed by atoms with E-state index in [4.69, 9.17) is 0 Å². The number of thiophene rings is 2. The minimum absolute atomic E-state index is 0.168. The first kappa shape index (κ1) is 24.5. The fraction of sp³-hybridized carbons (Fsp3) is 0.320. The highest BCUT2D eigenvalue weighted by Crippen LogP contribution is 2.21. The monoisotopic (exact) mass is 481 g/mol. The number of nitriles is 1. The van der Waals surface area contributed by atoms with E-state index in [1.165, 1.54) is 4.90 Å². The second-order valence-electron chi connectivity index (χ2n) is 7.72. The number of hydrogen-bond acceptors (Lipinski definition) is 5. The van der Waals surface area contributed by atoms with Gasteiger partial charge in [0.05, 0.1) is 19.2 Å². The third-order valence-corrected chi connectivity index (χ3v) is 7.00. The van der Waals surface area contributed by atoms with Gasteiger partial charge in [-0.2, -0.15) is 5.26 Å². The molecule has 172 valence electrons. The number of amides is 2. The summed E-state index contributed by atoms with van der Waals surface area (Å²) in [4.78, 5) is 30.1. The zero-order valence-electron chi connectivity index (χ0n) is 18.3. The quantitative estimate of drug-likeness (QED) is 0.330. The highest BCUT2D eigenvalue weighted by molar-refractivity contribution is 7.10. The van der Waals surface area contributed by atoms with Crippen LogP contribution in [0.25, 0.3) is 0 Å². The van der Waals surface area contributed by atoms with E-state index in [1.807, 2.05) is 65.4 Å². The topological polar surface area (TPSA) is 84.6 Å². The lowest BCUT2D eigenvalue weighted by atomic mass is 10.0. The van der Waals surface area contributed by atoms with E-state index in [2.05, 4.69) is 6.07 Å². The van der Waals surface area contributed by atoms with E-state index < -0.39 is 12.0 Å². The van der Waals surface area contributed by atoms with Crippen molar-refractivity contribution in [1.82, 2.24) is 9.80 Å². The van der Waals surface area contributed by atoms with Crippen molar-refractivity contribution in [2.75, 3.05) is 6.54 Å². The van der Waals surface area contributed by atoms with Crippen LogP contribution in [0.4, 0.5) is 4.79 Å². The SMILES string of the molecule is N#C[C@H](CCCCN(Cc1ccccc1)C(=O)O)C(=O)N(Cc1cccs1)Cc1cccs1. The molecule has 2 aromatic heterocycles. The Bertz CT molecular complexity index is 995. The van der Waals surface area contributed by atoms with Crippen LogP contribution in [-0.2, 0) is 24.4 Å². The molecule has 0 aliphatic heterocycles. The van der Waals surface area contributed by atoms with Gasteiger partial charge in [0.2, 0.25) is 5.91 Å². The van der Waals surface area contributed by atoms with Gasteiger partial charge in [-0.05, 0) is 47.7 Å². The van der Waals surface area contributed by atoms with Crippen LogP contribution < -0.4 is 0 Å². The molecule has 3 aromatic rings. The van der Waals surface area contributed by atoms with Gasteiger partial charge >= 0.3 is 6.09 Å². The maximum atomic E-state index is 13.2. The molecule has 0 saturated heterocycles.